The smallest absolute Gasteiger partial charge is 0.231 e. The molecule has 2 unspecified atom stereocenters. The predicted molar refractivity (Wildman–Crippen MR) is 76.7 cm³/mol. The third kappa shape index (κ3) is 2.61. The van der Waals surface area contributed by atoms with E-state index in [0.717, 1.165) is 25.0 Å². The number of anilines is 2. The van der Waals surface area contributed by atoms with Gasteiger partial charge in [0.15, 0.2) is 0 Å². The Labute approximate surface area is 118 Å². The lowest BCUT2D eigenvalue weighted by atomic mass is 9.92. The zero-order chi connectivity index (χ0) is 13.2. The van der Waals surface area contributed by atoms with Crippen LogP contribution in [0.15, 0.2) is 0 Å². The highest BCUT2D eigenvalue weighted by molar-refractivity contribution is 6.28. The van der Waals surface area contributed by atoms with Crippen molar-refractivity contribution in [1.82, 2.24) is 15.0 Å². The Balaban J connectivity index is 1.87. The largest absolute Gasteiger partial charge is 0.354 e. The first-order chi connectivity index (χ1) is 9.28. The molecule has 1 saturated heterocycles. The van der Waals surface area contributed by atoms with Crippen LogP contribution < -0.4 is 10.2 Å². The number of nitrogens with one attached hydrogen (secondary N) is 1. The fraction of sp³-hybridized carbons (Fsp3) is 0.769. The molecule has 6 heteroatoms. The summed E-state index contributed by atoms with van der Waals surface area (Å²) in [6.45, 7) is 3.84. The van der Waals surface area contributed by atoms with Gasteiger partial charge in [-0.3, -0.25) is 0 Å². The van der Waals surface area contributed by atoms with Crippen LogP contribution in [0.1, 0.15) is 39.0 Å². The van der Waals surface area contributed by atoms with Crippen LogP contribution in [0.25, 0.3) is 0 Å². The molecule has 0 aromatic carbocycles. The molecule has 0 radical (unpaired) electrons. The predicted octanol–water partition coefficient (Wildman–Crippen LogP) is 2.73. The average Bonchev–Trinajstić information content (AvgIpc) is 2.86. The molecule has 0 bridgehead atoms. The quantitative estimate of drug-likeness (QED) is 0.923. The molecule has 1 saturated carbocycles. The molecule has 1 aromatic heterocycles. The molecule has 0 amide bonds. The summed E-state index contributed by atoms with van der Waals surface area (Å²) < 4.78 is 0. The van der Waals surface area contributed by atoms with Crippen molar-refractivity contribution < 1.29 is 0 Å². The lowest BCUT2D eigenvalue weighted by molar-refractivity contribution is 0.358. The van der Waals surface area contributed by atoms with Gasteiger partial charge < -0.3 is 10.2 Å². The first-order valence-corrected chi connectivity index (χ1v) is 7.58. The fourth-order valence-corrected chi connectivity index (χ4v) is 3.56. The number of aromatic nitrogens is 3. The molecule has 2 fully saturated rings. The van der Waals surface area contributed by atoms with Crippen molar-refractivity contribution in [2.24, 2.45) is 5.92 Å². The van der Waals surface area contributed by atoms with Gasteiger partial charge in [-0.25, -0.2) is 0 Å². The normalized spacial score (nSPS) is 26.3. The van der Waals surface area contributed by atoms with Gasteiger partial charge >= 0.3 is 0 Å². The monoisotopic (exact) mass is 281 g/mol. The van der Waals surface area contributed by atoms with Gasteiger partial charge in [0.1, 0.15) is 0 Å². The van der Waals surface area contributed by atoms with E-state index in [4.69, 9.17) is 11.6 Å². The van der Waals surface area contributed by atoms with Gasteiger partial charge in [0.25, 0.3) is 0 Å². The van der Waals surface area contributed by atoms with Gasteiger partial charge in [0.2, 0.25) is 17.2 Å². The van der Waals surface area contributed by atoms with Crippen LogP contribution in [0, 0.1) is 5.92 Å². The molecule has 2 atom stereocenters. The molecule has 0 spiro atoms. The minimum atomic E-state index is 0.279. The fourth-order valence-electron chi connectivity index (χ4n) is 3.41. The van der Waals surface area contributed by atoms with Crippen LogP contribution in [0.5, 0.6) is 0 Å². The summed E-state index contributed by atoms with van der Waals surface area (Å²) in [7, 11) is 0. The molecular formula is C13H20ClN5. The average molecular weight is 282 g/mol. The van der Waals surface area contributed by atoms with E-state index in [-0.39, 0.29) is 5.28 Å². The van der Waals surface area contributed by atoms with Crippen molar-refractivity contribution in [3.8, 4) is 0 Å². The van der Waals surface area contributed by atoms with Crippen LogP contribution in [0.3, 0.4) is 0 Å². The van der Waals surface area contributed by atoms with Crippen molar-refractivity contribution in [2.75, 3.05) is 23.3 Å². The lowest BCUT2D eigenvalue weighted by Crippen LogP contribution is -2.43. The summed E-state index contributed by atoms with van der Waals surface area (Å²) in [6, 6.07) is 0.599. The summed E-state index contributed by atoms with van der Waals surface area (Å²) in [5.41, 5.74) is 0. The zero-order valence-electron chi connectivity index (χ0n) is 11.3. The number of hydrogen-bond donors (Lipinski definition) is 1. The van der Waals surface area contributed by atoms with Crippen molar-refractivity contribution in [2.45, 2.75) is 45.1 Å². The highest BCUT2D eigenvalue weighted by Crippen LogP contribution is 2.38. The Hall–Kier alpha value is -1.10. The van der Waals surface area contributed by atoms with Gasteiger partial charge in [0, 0.05) is 19.1 Å². The first-order valence-electron chi connectivity index (χ1n) is 7.20. The molecule has 1 aromatic rings. The van der Waals surface area contributed by atoms with Gasteiger partial charge in [-0.2, -0.15) is 15.0 Å². The van der Waals surface area contributed by atoms with E-state index in [1.54, 1.807) is 0 Å². The van der Waals surface area contributed by atoms with Crippen LogP contribution >= 0.6 is 11.6 Å². The van der Waals surface area contributed by atoms with Gasteiger partial charge in [-0.05, 0) is 50.1 Å². The Bertz CT molecular complexity index is 453. The number of piperidine rings is 1. The highest BCUT2D eigenvalue weighted by atomic mass is 35.5. The number of rotatable bonds is 3. The number of fused-ring (bicyclic) bond motifs is 1. The van der Waals surface area contributed by atoms with Crippen molar-refractivity contribution in [3.05, 3.63) is 5.28 Å². The third-order valence-electron chi connectivity index (χ3n) is 4.18. The van der Waals surface area contributed by atoms with E-state index in [1.165, 1.54) is 32.1 Å². The van der Waals surface area contributed by atoms with E-state index in [1.807, 2.05) is 6.92 Å². The number of hydrogen-bond acceptors (Lipinski definition) is 5. The van der Waals surface area contributed by atoms with Gasteiger partial charge in [-0.15, -0.1) is 0 Å². The first kappa shape index (κ1) is 12.9. The maximum atomic E-state index is 6.02. The maximum absolute atomic E-state index is 6.02. The molecular weight excluding hydrogens is 262 g/mol. The van der Waals surface area contributed by atoms with Crippen LogP contribution in [-0.2, 0) is 0 Å². The van der Waals surface area contributed by atoms with Crippen LogP contribution in [0.4, 0.5) is 11.9 Å². The molecule has 1 aliphatic carbocycles. The zero-order valence-corrected chi connectivity index (χ0v) is 12.0. The van der Waals surface area contributed by atoms with Crippen LogP contribution in [0.2, 0.25) is 5.28 Å². The van der Waals surface area contributed by atoms with Crippen molar-refractivity contribution in [1.29, 1.82) is 0 Å². The summed E-state index contributed by atoms with van der Waals surface area (Å²) in [4.78, 5) is 15.3. The summed E-state index contributed by atoms with van der Waals surface area (Å²) in [5, 5.41) is 3.39. The summed E-state index contributed by atoms with van der Waals surface area (Å²) >= 11 is 6.02. The Morgan fingerprint density at radius 1 is 1.21 bits per heavy atom. The summed E-state index contributed by atoms with van der Waals surface area (Å²) in [6.07, 6.45) is 6.50. The minimum absolute atomic E-state index is 0.279. The number of halogens is 1. The molecule has 104 valence electrons. The standard InChI is InChI=1S/C13H20ClN5/c1-2-15-12-16-11(14)17-13(18-12)19-8-4-6-9-5-3-7-10(9)19/h9-10H,2-8H2,1H3,(H,15,16,17,18). The van der Waals surface area contributed by atoms with Gasteiger partial charge in [-0.1, -0.05) is 6.42 Å². The van der Waals surface area contributed by atoms with E-state index < -0.39 is 0 Å². The van der Waals surface area contributed by atoms with Gasteiger partial charge in [0.05, 0.1) is 0 Å². The molecule has 5 nitrogen and oxygen atoms in total. The second-order valence-electron chi connectivity index (χ2n) is 5.35. The second kappa shape index (κ2) is 5.49. The molecule has 1 aliphatic heterocycles. The summed E-state index contributed by atoms with van der Waals surface area (Å²) in [5.74, 6) is 2.14. The molecule has 2 aliphatic rings. The maximum Gasteiger partial charge on any atom is 0.231 e. The Kier molecular flexibility index (Phi) is 3.73. The SMILES string of the molecule is CCNc1nc(Cl)nc(N2CCCC3CCCC32)n1. The van der Waals surface area contributed by atoms with Crippen molar-refractivity contribution in [3.63, 3.8) is 0 Å². The second-order valence-corrected chi connectivity index (χ2v) is 5.69. The molecule has 2 heterocycles. The van der Waals surface area contributed by atoms with E-state index in [9.17, 15) is 0 Å². The van der Waals surface area contributed by atoms with Crippen molar-refractivity contribution >= 4 is 23.5 Å². The lowest BCUT2D eigenvalue weighted by Gasteiger charge is -2.37. The van der Waals surface area contributed by atoms with E-state index in [0.29, 0.717) is 12.0 Å². The topological polar surface area (TPSA) is 53.9 Å². The third-order valence-corrected chi connectivity index (χ3v) is 4.35. The van der Waals surface area contributed by atoms with Crippen LogP contribution in [-0.4, -0.2) is 34.1 Å². The number of nitrogens with zero attached hydrogens (tertiary/aromatic N) is 4. The van der Waals surface area contributed by atoms with E-state index >= 15 is 0 Å². The molecule has 19 heavy (non-hydrogen) atoms. The molecule has 3 rings (SSSR count). The Morgan fingerprint density at radius 3 is 2.89 bits per heavy atom. The Morgan fingerprint density at radius 2 is 2.05 bits per heavy atom. The molecule has 1 N–H and O–H groups in total. The minimum Gasteiger partial charge on any atom is -0.354 e. The highest BCUT2D eigenvalue weighted by Gasteiger charge is 2.36. The van der Waals surface area contributed by atoms with E-state index in [2.05, 4.69) is 25.2 Å².